The fourth-order valence-corrected chi connectivity index (χ4v) is 8.46. The molecule has 0 bridgehead atoms. The molecule has 3 aromatic heterocycles. The summed E-state index contributed by atoms with van der Waals surface area (Å²) in [7, 11) is 0. The van der Waals surface area contributed by atoms with E-state index in [0.29, 0.717) is 22.4 Å². The number of benzene rings is 2. The third-order valence-electron chi connectivity index (χ3n) is 8.85. The molecule has 6 rings (SSSR count). The molecule has 41 heavy (non-hydrogen) atoms. The average molecular weight is 552 g/mol. The van der Waals surface area contributed by atoms with Gasteiger partial charge in [-0.2, -0.15) is 0 Å². The molecule has 0 radical (unpaired) electrons. The predicted molar refractivity (Wildman–Crippen MR) is 172 cm³/mol. The summed E-state index contributed by atoms with van der Waals surface area (Å²) in [6, 6.07) is 15.1. The standard InChI is InChI=1S/C38H44N2O/c1-22-17-26(34-37(7,8)20-36(5,6)21-38(34,9)10)14-15-27(22)30-18-31(39-19-24(30)3)28-12-11-13-29-32-23(2)16-25(4)40-35(32)41-33(28)29/h11-19,34H,20-21H2,1-10H3/i3D3,4D3,34D. The third kappa shape index (κ3) is 4.68. The van der Waals surface area contributed by atoms with Gasteiger partial charge in [0, 0.05) is 32.4 Å². The molecule has 0 unspecified atom stereocenters. The lowest BCUT2D eigenvalue weighted by Crippen LogP contribution is -2.45. The van der Waals surface area contributed by atoms with Crippen LogP contribution >= 0.6 is 0 Å². The molecule has 3 nitrogen and oxygen atoms in total. The second-order valence-corrected chi connectivity index (χ2v) is 14.1. The average Bonchev–Trinajstić information content (AvgIpc) is 3.33. The number of para-hydroxylation sites is 1. The molecule has 0 amide bonds. The van der Waals surface area contributed by atoms with Crippen LogP contribution in [0.1, 0.15) is 97.8 Å². The number of aryl methyl sites for hydroxylation is 4. The van der Waals surface area contributed by atoms with E-state index in [-0.39, 0.29) is 33.2 Å². The van der Waals surface area contributed by atoms with E-state index >= 15 is 0 Å². The monoisotopic (exact) mass is 551 g/mol. The van der Waals surface area contributed by atoms with Crippen LogP contribution in [0, 0.1) is 43.8 Å². The molecule has 5 aromatic rings. The van der Waals surface area contributed by atoms with Crippen LogP contribution in [-0.2, 0) is 0 Å². The van der Waals surface area contributed by atoms with Crippen molar-refractivity contribution in [2.24, 2.45) is 16.2 Å². The quantitative estimate of drug-likeness (QED) is 0.224. The van der Waals surface area contributed by atoms with Gasteiger partial charge in [-0.3, -0.25) is 4.98 Å². The number of pyridine rings is 2. The zero-order valence-electron chi connectivity index (χ0n) is 32.4. The second-order valence-electron chi connectivity index (χ2n) is 14.1. The van der Waals surface area contributed by atoms with Crippen molar-refractivity contribution >= 4 is 22.1 Å². The number of fused-ring (bicyclic) bond motifs is 3. The van der Waals surface area contributed by atoms with Crippen LogP contribution in [0.15, 0.2) is 59.1 Å². The Labute approximate surface area is 255 Å². The Morgan fingerprint density at radius 2 is 1.59 bits per heavy atom. The van der Waals surface area contributed by atoms with Crippen LogP contribution in [0.25, 0.3) is 44.5 Å². The van der Waals surface area contributed by atoms with E-state index in [4.69, 9.17) is 12.6 Å². The summed E-state index contributed by atoms with van der Waals surface area (Å²) in [5, 5.41) is 1.50. The Hall–Kier alpha value is -3.46. The topological polar surface area (TPSA) is 38.9 Å². The van der Waals surface area contributed by atoms with Gasteiger partial charge in [0.05, 0.1) is 11.1 Å². The molecule has 0 N–H and O–H groups in total. The molecule has 0 spiro atoms. The van der Waals surface area contributed by atoms with Crippen molar-refractivity contribution < 1.29 is 14.0 Å². The van der Waals surface area contributed by atoms with Gasteiger partial charge in [0.2, 0.25) is 5.71 Å². The third-order valence-corrected chi connectivity index (χ3v) is 8.85. The van der Waals surface area contributed by atoms with Crippen molar-refractivity contribution in [3.63, 3.8) is 0 Å². The lowest BCUT2D eigenvalue weighted by molar-refractivity contribution is -0.00953. The molecule has 0 atom stereocenters. The number of aromatic nitrogens is 2. The van der Waals surface area contributed by atoms with Crippen molar-refractivity contribution in [3.8, 4) is 22.4 Å². The highest BCUT2D eigenvalue weighted by Gasteiger charge is 2.50. The Bertz CT molecular complexity index is 2060. The lowest BCUT2D eigenvalue weighted by Gasteiger charge is -2.56. The highest BCUT2D eigenvalue weighted by Crippen LogP contribution is 2.61. The molecule has 2 aromatic carbocycles. The van der Waals surface area contributed by atoms with Crippen LogP contribution in [0.5, 0.6) is 0 Å². The summed E-state index contributed by atoms with van der Waals surface area (Å²) in [6.07, 6.45) is 3.26. The number of hydrogen-bond donors (Lipinski definition) is 0. The van der Waals surface area contributed by atoms with E-state index in [0.717, 1.165) is 45.9 Å². The summed E-state index contributed by atoms with van der Waals surface area (Å²) in [5.74, 6) is -0.863. The number of rotatable bonds is 3. The highest BCUT2D eigenvalue weighted by molar-refractivity contribution is 6.09. The van der Waals surface area contributed by atoms with Crippen molar-refractivity contribution in [1.29, 1.82) is 0 Å². The summed E-state index contributed by atoms with van der Waals surface area (Å²) in [4.78, 5) is 8.97. The molecule has 0 aliphatic heterocycles. The van der Waals surface area contributed by atoms with Crippen LogP contribution in [0.2, 0.25) is 0 Å². The molecule has 1 fully saturated rings. The van der Waals surface area contributed by atoms with Crippen molar-refractivity contribution in [3.05, 3.63) is 82.7 Å². The zero-order valence-corrected chi connectivity index (χ0v) is 25.4. The first-order valence-corrected chi connectivity index (χ1v) is 14.4. The predicted octanol–water partition coefficient (Wildman–Crippen LogP) is 10.9. The maximum atomic E-state index is 10.0. The van der Waals surface area contributed by atoms with Crippen LogP contribution in [0.4, 0.5) is 0 Å². The molecule has 3 heteroatoms. The van der Waals surface area contributed by atoms with Gasteiger partial charge in [0.1, 0.15) is 5.58 Å². The van der Waals surface area contributed by atoms with Crippen molar-refractivity contribution in [1.82, 2.24) is 9.97 Å². The zero-order chi connectivity index (χ0) is 35.4. The van der Waals surface area contributed by atoms with Gasteiger partial charge >= 0.3 is 0 Å². The van der Waals surface area contributed by atoms with E-state index in [1.54, 1.807) is 12.1 Å². The first-order valence-electron chi connectivity index (χ1n) is 17.9. The largest absolute Gasteiger partial charge is 0.437 e. The van der Waals surface area contributed by atoms with Gasteiger partial charge in [-0.15, -0.1) is 0 Å². The summed E-state index contributed by atoms with van der Waals surface area (Å²) in [5.41, 5.74) is 5.38. The molecular formula is C38H44N2O. The van der Waals surface area contributed by atoms with Crippen molar-refractivity contribution in [2.75, 3.05) is 0 Å². The van der Waals surface area contributed by atoms with Crippen LogP contribution in [-0.4, -0.2) is 9.97 Å². The van der Waals surface area contributed by atoms with Gasteiger partial charge in [-0.1, -0.05) is 71.9 Å². The maximum Gasteiger partial charge on any atom is 0.227 e. The van der Waals surface area contributed by atoms with E-state index < -0.39 is 19.6 Å². The smallest absolute Gasteiger partial charge is 0.227 e. The number of hydrogen-bond acceptors (Lipinski definition) is 3. The van der Waals surface area contributed by atoms with E-state index in [9.17, 15) is 1.37 Å². The molecule has 212 valence electrons. The molecule has 1 saturated carbocycles. The fraction of sp³-hybridized carbons (Fsp3) is 0.421. The van der Waals surface area contributed by atoms with Gasteiger partial charge in [-0.05, 0) is 114 Å². The Morgan fingerprint density at radius 3 is 2.27 bits per heavy atom. The molecule has 1 aliphatic rings. The minimum absolute atomic E-state index is 0.0346. The van der Waals surface area contributed by atoms with Gasteiger partial charge in [0.25, 0.3) is 0 Å². The van der Waals surface area contributed by atoms with Gasteiger partial charge < -0.3 is 4.42 Å². The highest BCUT2D eigenvalue weighted by atomic mass is 16.3. The van der Waals surface area contributed by atoms with E-state index in [1.807, 2.05) is 44.2 Å². The first-order chi connectivity index (χ1) is 22.0. The first kappa shape index (κ1) is 20.4. The number of nitrogens with zero attached hydrogens (tertiary/aromatic N) is 2. The van der Waals surface area contributed by atoms with E-state index in [2.05, 4.69) is 57.6 Å². The summed E-state index contributed by atoms with van der Waals surface area (Å²) in [6.45, 7) is 12.4. The second kappa shape index (κ2) is 9.28. The minimum Gasteiger partial charge on any atom is -0.437 e. The summed E-state index contributed by atoms with van der Waals surface area (Å²) >= 11 is 0. The van der Waals surface area contributed by atoms with Gasteiger partial charge in [-0.25, -0.2) is 4.98 Å². The van der Waals surface area contributed by atoms with Crippen molar-refractivity contribution in [2.45, 2.75) is 87.8 Å². The van der Waals surface area contributed by atoms with Crippen LogP contribution in [0.3, 0.4) is 0 Å². The fourth-order valence-electron chi connectivity index (χ4n) is 8.46. The normalized spacial score (nSPS) is 22.2. The minimum atomic E-state index is -2.42. The number of furan rings is 1. The van der Waals surface area contributed by atoms with E-state index in [1.165, 1.54) is 6.20 Å². The molecule has 0 saturated heterocycles. The lowest BCUT2D eigenvalue weighted by atomic mass is 9.49. The Kier molecular flexibility index (Phi) is 4.62. The molecular weight excluding hydrogens is 500 g/mol. The molecule has 3 heterocycles. The van der Waals surface area contributed by atoms with Crippen LogP contribution < -0.4 is 0 Å². The Balaban J connectivity index is 1.52. The summed E-state index contributed by atoms with van der Waals surface area (Å²) < 4.78 is 64.9. The SMILES string of the molecule is [2H]C([2H])([2H])c1cc(C)c2c(n1)oc1c(-c3cc(-c4ccc(C5([2H])C(C)(C)CC(C)(C)CC5(C)C)cc4C)c(C([2H])([2H])[2H])cn3)cccc12. The van der Waals surface area contributed by atoms with Gasteiger partial charge in [0.15, 0.2) is 0 Å². The Morgan fingerprint density at radius 1 is 0.829 bits per heavy atom. The molecule has 1 aliphatic carbocycles. The maximum absolute atomic E-state index is 10.0.